The number of aryl methyl sites for hydroxylation is 1. The largest absolute Gasteiger partial charge is 0.493 e. The summed E-state index contributed by atoms with van der Waals surface area (Å²) in [5.74, 6) is 0.688. The fraction of sp³-hybridized carbons (Fsp3) is 0.435. The third-order valence-corrected chi connectivity index (χ3v) is 6.30. The number of hydrogen-bond donors (Lipinski definition) is 0. The summed E-state index contributed by atoms with van der Waals surface area (Å²) in [6.07, 6.45) is 2.28. The summed E-state index contributed by atoms with van der Waals surface area (Å²) >= 11 is 0. The predicted octanol–water partition coefficient (Wildman–Crippen LogP) is 2.86. The lowest BCUT2D eigenvalue weighted by Crippen LogP contribution is -2.49. The van der Waals surface area contributed by atoms with E-state index in [1.807, 2.05) is 17.0 Å². The molecule has 5 nitrogen and oxygen atoms in total. The first kappa shape index (κ1) is 18.4. The number of hydrogen-bond acceptors (Lipinski definition) is 4. The highest BCUT2D eigenvalue weighted by Crippen LogP contribution is 2.35. The van der Waals surface area contributed by atoms with Gasteiger partial charge in [0.2, 0.25) is 5.91 Å². The molecule has 152 valence electrons. The lowest BCUT2D eigenvalue weighted by Gasteiger charge is -2.38. The zero-order chi connectivity index (χ0) is 19.8. The van der Waals surface area contributed by atoms with Gasteiger partial charge in [-0.25, -0.2) is 4.39 Å². The average Bonchev–Trinajstić information content (AvgIpc) is 3.21. The molecule has 3 aliphatic heterocycles. The second-order valence-corrected chi connectivity index (χ2v) is 8.00. The molecule has 6 heteroatoms. The van der Waals surface area contributed by atoms with Gasteiger partial charge in [-0.3, -0.25) is 9.69 Å². The highest BCUT2D eigenvalue weighted by molar-refractivity contribution is 5.96. The number of fused-ring (bicyclic) bond motifs is 2. The monoisotopic (exact) mass is 395 g/mol. The van der Waals surface area contributed by atoms with Crippen molar-refractivity contribution < 1.29 is 13.9 Å². The number of carbonyl (C=O) groups excluding carboxylic acids is 1. The number of halogens is 1. The molecule has 0 aliphatic carbocycles. The third-order valence-electron chi connectivity index (χ3n) is 6.30. The fourth-order valence-corrected chi connectivity index (χ4v) is 4.72. The van der Waals surface area contributed by atoms with Gasteiger partial charge in [0.25, 0.3) is 0 Å². The van der Waals surface area contributed by atoms with Gasteiger partial charge in [-0.2, -0.15) is 0 Å². The molecule has 2 aromatic carbocycles. The van der Waals surface area contributed by atoms with Gasteiger partial charge in [0, 0.05) is 75.1 Å². The van der Waals surface area contributed by atoms with Crippen molar-refractivity contribution in [2.24, 2.45) is 0 Å². The average molecular weight is 395 g/mol. The summed E-state index contributed by atoms with van der Waals surface area (Å²) in [6.45, 7) is 5.76. The smallest absolute Gasteiger partial charge is 0.227 e. The maximum atomic E-state index is 14.0. The second-order valence-electron chi connectivity index (χ2n) is 8.00. The molecule has 0 unspecified atom stereocenters. The summed E-state index contributed by atoms with van der Waals surface area (Å²) in [4.78, 5) is 19.1. The lowest BCUT2D eigenvalue weighted by atomic mass is 10.0. The molecule has 1 fully saturated rings. The van der Waals surface area contributed by atoms with Crippen LogP contribution in [0.1, 0.15) is 17.5 Å². The standard InChI is InChI=1S/C23H26FN3O2/c24-18-15-21(19-7-14-29-22(19)16-18)26-11-8-25(9-12-26)10-13-27-20-4-2-1-3-17(20)5-6-23(27)28/h1-4,15-16H,5-14H2. The van der Waals surface area contributed by atoms with Crippen molar-refractivity contribution >= 4 is 17.3 Å². The molecule has 5 rings (SSSR count). The van der Waals surface area contributed by atoms with E-state index in [2.05, 4.69) is 21.9 Å². The zero-order valence-electron chi connectivity index (χ0n) is 16.6. The minimum Gasteiger partial charge on any atom is -0.493 e. The van der Waals surface area contributed by atoms with Crippen LogP contribution < -0.4 is 14.5 Å². The predicted molar refractivity (Wildman–Crippen MR) is 111 cm³/mol. The molecule has 0 N–H and O–H groups in total. The van der Waals surface area contributed by atoms with Crippen molar-refractivity contribution in [1.29, 1.82) is 0 Å². The summed E-state index contributed by atoms with van der Waals surface area (Å²) in [7, 11) is 0. The number of piperazine rings is 1. The van der Waals surface area contributed by atoms with Crippen LogP contribution in [-0.2, 0) is 17.6 Å². The van der Waals surface area contributed by atoms with Crippen molar-refractivity contribution in [2.45, 2.75) is 19.3 Å². The Hall–Kier alpha value is -2.60. The number of nitrogens with zero attached hydrogens (tertiary/aromatic N) is 3. The van der Waals surface area contributed by atoms with Gasteiger partial charge in [0.15, 0.2) is 0 Å². The van der Waals surface area contributed by atoms with Crippen molar-refractivity contribution in [1.82, 2.24) is 4.90 Å². The first-order chi connectivity index (χ1) is 14.2. The van der Waals surface area contributed by atoms with Crippen LogP contribution in [0.15, 0.2) is 36.4 Å². The maximum absolute atomic E-state index is 14.0. The Morgan fingerprint density at radius 1 is 0.931 bits per heavy atom. The van der Waals surface area contributed by atoms with Gasteiger partial charge in [-0.15, -0.1) is 0 Å². The zero-order valence-corrected chi connectivity index (χ0v) is 16.6. The van der Waals surface area contributed by atoms with Crippen LogP contribution >= 0.6 is 0 Å². The van der Waals surface area contributed by atoms with E-state index in [-0.39, 0.29) is 11.7 Å². The first-order valence-corrected chi connectivity index (χ1v) is 10.5. The topological polar surface area (TPSA) is 36.0 Å². The Kier molecular flexibility index (Phi) is 4.87. The van der Waals surface area contributed by atoms with Crippen LogP contribution in [0.4, 0.5) is 15.8 Å². The van der Waals surface area contributed by atoms with Gasteiger partial charge in [0.1, 0.15) is 11.6 Å². The minimum atomic E-state index is -0.231. The second kappa shape index (κ2) is 7.67. The van der Waals surface area contributed by atoms with E-state index < -0.39 is 0 Å². The van der Waals surface area contributed by atoms with E-state index in [1.54, 1.807) is 6.07 Å². The Morgan fingerprint density at radius 3 is 2.62 bits per heavy atom. The van der Waals surface area contributed by atoms with E-state index in [1.165, 1.54) is 11.6 Å². The van der Waals surface area contributed by atoms with Crippen LogP contribution in [0.2, 0.25) is 0 Å². The van der Waals surface area contributed by atoms with E-state index in [0.717, 1.165) is 69.0 Å². The van der Waals surface area contributed by atoms with E-state index in [0.29, 0.717) is 18.8 Å². The Labute approximate surface area is 170 Å². The molecule has 3 aliphatic rings. The number of para-hydroxylation sites is 1. The summed E-state index contributed by atoms with van der Waals surface area (Å²) in [6, 6.07) is 11.4. The number of carbonyl (C=O) groups is 1. The number of anilines is 2. The number of rotatable bonds is 4. The van der Waals surface area contributed by atoms with Crippen LogP contribution in [0.3, 0.4) is 0 Å². The van der Waals surface area contributed by atoms with Crippen LogP contribution in [0.5, 0.6) is 5.75 Å². The highest BCUT2D eigenvalue weighted by atomic mass is 19.1. The number of ether oxygens (including phenoxy) is 1. The Balaban J connectivity index is 1.21. The van der Waals surface area contributed by atoms with Gasteiger partial charge in [-0.05, 0) is 24.1 Å². The lowest BCUT2D eigenvalue weighted by molar-refractivity contribution is -0.118. The van der Waals surface area contributed by atoms with Gasteiger partial charge in [0.05, 0.1) is 6.61 Å². The third kappa shape index (κ3) is 3.57. The summed E-state index contributed by atoms with van der Waals surface area (Å²) < 4.78 is 19.5. The van der Waals surface area contributed by atoms with E-state index in [4.69, 9.17) is 4.74 Å². The minimum absolute atomic E-state index is 0.220. The molecule has 0 aromatic heterocycles. The molecule has 29 heavy (non-hydrogen) atoms. The Bertz CT molecular complexity index is 924. The molecule has 0 bridgehead atoms. The molecule has 2 aromatic rings. The molecule has 0 saturated carbocycles. The Morgan fingerprint density at radius 2 is 1.76 bits per heavy atom. The molecular formula is C23H26FN3O2. The van der Waals surface area contributed by atoms with E-state index in [9.17, 15) is 9.18 Å². The van der Waals surface area contributed by atoms with Crippen LogP contribution in [-0.4, -0.2) is 56.7 Å². The molecular weight excluding hydrogens is 369 g/mol. The summed E-state index contributed by atoms with van der Waals surface area (Å²) in [5.41, 5.74) is 4.45. The van der Waals surface area contributed by atoms with Crippen LogP contribution in [0, 0.1) is 5.82 Å². The van der Waals surface area contributed by atoms with Crippen molar-refractivity contribution in [2.75, 3.05) is 55.7 Å². The molecule has 3 heterocycles. The number of benzene rings is 2. The molecule has 0 atom stereocenters. The highest BCUT2D eigenvalue weighted by Gasteiger charge is 2.27. The van der Waals surface area contributed by atoms with Crippen LogP contribution in [0.25, 0.3) is 0 Å². The van der Waals surface area contributed by atoms with Crippen molar-refractivity contribution in [3.05, 3.63) is 53.3 Å². The molecule has 1 amide bonds. The summed E-state index contributed by atoms with van der Waals surface area (Å²) in [5, 5.41) is 0. The molecule has 0 radical (unpaired) electrons. The SMILES string of the molecule is O=C1CCc2ccccc2N1CCN1CCN(c2cc(F)cc3c2CCO3)CC1. The quantitative estimate of drug-likeness (QED) is 0.798. The molecule has 0 spiro atoms. The van der Waals surface area contributed by atoms with Crippen molar-refractivity contribution in [3.8, 4) is 5.75 Å². The molecule has 1 saturated heterocycles. The van der Waals surface area contributed by atoms with Gasteiger partial charge in [-0.1, -0.05) is 18.2 Å². The first-order valence-electron chi connectivity index (χ1n) is 10.5. The van der Waals surface area contributed by atoms with Gasteiger partial charge >= 0.3 is 0 Å². The maximum Gasteiger partial charge on any atom is 0.227 e. The number of amides is 1. The normalized spacial score (nSPS) is 19.1. The van der Waals surface area contributed by atoms with E-state index >= 15 is 0 Å². The van der Waals surface area contributed by atoms with Crippen molar-refractivity contribution in [3.63, 3.8) is 0 Å². The fourth-order valence-electron chi connectivity index (χ4n) is 4.72. The van der Waals surface area contributed by atoms with Gasteiger partial charge < -0.3 is 14.5 Å².